The van der Waals surface area contributed by atoms with Crippen LogP contribution in [0.25, 0.3) is 0 Å². The Morgan fingerprint density at radius 1 is 1.03 bits per heavy atom. The van der Waals surface area contributed by atoms with Crippen LogP contribution in [0.15, 0.2) is 66.7 Å². The third kappa shape index (κ3) is 5.10. The topological polar surface area (TPSA) is 50.8 Å². The quantitative estimate of drug-likeness (QED) is 0.496. The second-order valence-corrected chi connectivity index (χ2v) is 8.91. The number of rotatable bonds is 8. The van der Waals surface area contributed by atoms with Crippen molar-refractivity contribution in [2.75, 3.05) is 20.8 Å². The molecular weight excluding hydrogens is 424 g/mol. The Hall–Kier alpha value is -3.31. The van der Waals surface area contributed by atoms with Crippen molar-refractivity contribution in [3.05, 3.63) is 94.5 Å². The lowest BCUT2D eigenvalue weighted by Gasteiger charge is -2.42. The van der Waals surface area contributed by atoms with Crippen LogP contribution in [-0.4, -0.2) is 37.6 Å². The van der Waals surface area contributed by atoms with Gasteiger partial charge in [0.1, 0.15) is 0 Å². The average molecular weight is 459 g/mol. The summed E-state index contributed by atoms with van der Waals surface area (Å²) in [7, 11) is 3.34. The minimum atomic E-state index is -0.0599. The van der Waals surface area contributed by atoms with Crippen LogP contribution in [0.2, 0.25) is 0 Å². The van der Waals surface area contributed by atoms with Crippen molar-refractivity contribution in [2.45, 2.75) is 45.3 Å². The Morgan fingerprint density at radius 3 is 2.35 bits per heavy atom. The normalized spacial score (nSPS) is 16.4. The van der Waals surface area contributed by atoms with Crippen molar-refractivity contribution < 1.29 is 14.3 Å². The fraction of sp³-hybridized carbons (Fsp3) is 0.345. The summed E-state index contributed by atoms with van der Waals surface area (Å²) in [6.45, 7) is 5.96. The maximum atomic E-state index is 13.1. The Kier molecular flexibility index (Phi) is 7.53. The van der Waals surface area contributed by atoms with Crippen LogP contribution < -0.4 is 14.8 Å². The van der Waals surface area contributed by atoms with Crippen LogP contribution >= 0.6 is 0 Å². The molecule has 178 valence electrons. The van der Waals surface area contributed by atoms with Gasteiger partial charge in [0.05, 0.1) is 20.3 Å². The predicted octanol–water partition coefficient (Wildman–Crippen LogP) is 5.32. The fourth-order valence-corrected chi connectivity index (χ4v) is 4.85. The largest absolute Gasteiger partial charge is 0.493 e. The van der Waals surface area contributed by atoms with Gasteiger partial charge in [-0.05, 0) is 60.7 Å². The second kappa shape index (κ2) is 10.7. The molecule has 0 spiro atoms. The smallest absolute Gasteiger partial charge is 0.251 e. The first-order valence-corrected chi connectivity index (χ1v) is 11.9. The minimum absolute atomic E-state index is 0.0162. The standard InChI is InChI=1S/C29H34N2O3/c1-5-25(30-29(32)22-9-7-6-8-10-22)28-24-18-27(34-4)26(33-3)17-23(24)15-16-31(28)19-21-13-11-20(2)12-14-21/h6-14,17-18,25,28H,5,15-16,19H2,1-4H3,(H,30,32)/t25-,28-/m0/s1. The number of carbonyl (C=O) groups is 1. The van der Waals surface area contributed by atoms with E-state index in [9.17, 15) is 4.79 Å². The number of ether oxygens (including phenoxy) is 2. The van der Waals surface area contributed by atoms with Gasteiger partial charge in [0.25, 0.3) is 5.91 Å². The molecule has 34 heavy (non-hydrogen) atoms. The summed E-state index contributed by atoms with van der Waals surface area (Å²) in [4.78, 5) is 15.6. The molecule has 5 nitrogen and oxygen atoms in total. The van der Waals surface area contributed by atoms with Crippen LogP contribution in [0.5, 0.6) is 11.5 Å². The van der Waals surface area contributed by atoms with E-state index in [1.807, 2.05) is 30.3 Å². The average Bonchev–Trinajstić information content (AvgIpc) is 2.88. The summed E-state index contributed by atoms with van der Waals surface area (Å²) in [6.07, 6.45) is 1.72. The lowest BCUT2D eigenvalue weighted by Crippen LogP contribution is -2.48. The molecule has 1 N–H and O–H groups in total. The van der Waals surface area contributed by atoms with Gasteiger partial charge in [0, 0.05) is 24.7 Å². The Labute approximate surface area is 202 Å². The first-order valence-electron chi connectivity index (χ1n) is 11.9. The number of fused-ring (bicyclic) bond motifs is 1. The van der Waals surface area contributed by atoms with E-state index in [1.54, 1.807) is 14.2 Å². The molecule has 3 aromatic rings. The molecule has 0 saturated heterocycles. The number of benzene rings is 3. The third-order valence-electron chi connectivity index (χ3n) is 6.71. The molecule has 0 bridgehead atoms. The van der Waals surface area contributed by atoms with Crippen molar-refractivity contribution >= 4 is 5.91 Å². The summed E-state index contributed by atoms with van der Waals surface area (Å²) in [6, 6.07) is 22.3. The fourth-order valence-electron chi connectivity index (χ4n) is 4.85. The molecule has 0 radical (unpaired) electrons. The van der Waals surface area contributed by atoms with E-state index in [4.69, 9.17) is 9.47 Å². The van der Waals surface area contributed by atoms with Gasteiger partial charge in [-0.25, -0.2) is 0 Å². The van der Waals surface area contributed by atoms with Gasteiger partial charge in [-0.15, -0.1) is 0 Å². The van der Waals surface area contributed by atoms with Crippen molar-refractivity contribution in [2.24, 2.45) is 0 Å². The van der Waals surface area contributed by atoms with E-state index in [2.05, 4.69) is 60.5 Å². The number of methoxy groups -OCH3 is 2. The van der Waals surface area contributed by atoms with E-state index >= 15 is 0 Å². The maximum absolute atomic E-state index is 13.1. The number of hydrogen-bond acceptors (Lipinski definition) is 4. The van der Waals surface area contributed by atoms with Gasteiger partial charge in [-0.2, -0.15) is 0 Å². The minimum Gasteiger partial charge on any atom is -0.493 e. The first-order chi connectivity index (χ1) is 16.5. The third-order valence-corrected chi connectivity index (χ3v) is 6.71. The molecular formula is C29H34N2O3. The molecule has 3 aromatic carbocycles. The molecule has 1 aliphatic rings. The van der Waals surface area contributed by atoms with Crippen molar-refractivity contribution in [1.29, 1.82) is 0 Å². The summed E-state index contributed by atoms with van der Waals surface area (Å²) < 4.78 is 11.2. The van der Waals surface area contributed by atoms with Gasteiger partial charge in [0.15, 0.2) is 11.5 Å². The van der Waals surface area contributed by atoms with Gasteiger partial charge < -0.3 is 14.8 Å². The van der Waals surface area contributed by atoms with Crippen molar-refractivity contribution in [3.8, 4) is 11.5 Å². The Balaban J connectivity index is 1.72. The molecule has 1 amide bonds. The zero-order chi connectivity index (χ0) is 24.1. The lowest BCUT2D eigenvalue weighted by atomic mass is 9.86. The molecule has 5 heteroatoms. The lowest BCUT2D eigenvalue weighted by molar-refractivity contribution is 0.0859. The Morgan fingerprint density at radius 2 is 1.71 bits per heavy atom. The molecule has 0 fully saturated rings. The number of hydrogen-bond donors (Lipinski definition) is 1. The van der Waals surface area contributed by atoms with Gasteiger partial charge >= 0.3 is 0 Å². The van der Waals surface area contributed by atoms with Crippen LogP contribution in [0.4, 0.5) is 0 Å². The van der Waals surface area contributed by atoms with Crippen molar-refractivity contribution in [3.63, 3.8) is 0 Å². The molecule has 1 aliphatic heterocycles. The molecule has 0 saturated carbocycles. The van der Waals surface area contributed by atoms with E-state index in [-0.39, 0.29) is 18.0 Å². The van der Waals surface area contributed by atoms with E-state index in [0.29, 0.717) is 11.3 Å². The SMILES string of the molecule is CC[C@H](NC(=O)c1ccccc1)[C@@H]1c2cc(OC)c(OC)cc2CCN1Cc1ccc(C)cc1. The van der Waals surface area contributed by atoms with Crippen LogP contribution in [0.3, 0.4) is 0 Å². The summed E-state index contributed by atoms with van der Waals surface area (Å²) in [5, 5.41) is 3.33. The predicted molar refractivity (Wildman–Crippen MR) is 136 cm³/mol. The number of carbonyl (C=O) groups excluding carboxylic acids is 1. The number of nitrogens with zero attached hydrogens (tertiary/aromatic N) is 1. The highest BCUT2D eigenvalue weighted by atomic mass is 16.5. The molecule has 0 aromatic heterocycles. The first kappa shape index (κ1) is 23.8. The molecule has 0 aliphatic carbocycles. The zero-order valence-electron chi connectivity index (χ0n) is 20.5. The molecule has 2 atom stereocenters. The molecule has 4 rings (SSSR count). The summed E-state index contributed by atoms with van der Waals surface area (Å²) in [5.74, 6) is 1.41. The highest BCUT2D eigenvalue weighted by Crippen LogP contribution is 2.40. The Bertz CT molecular complexity index is 1110. The molecule has 1 heterocycles. The van der Waals surface area contributed by atoms with E-state index in [0.717, 1.165) is 31.7 Å². The van der Waals surface area contributed by atoms with Crippen LogP contribution in [0.1, 0.15) is 52.0 Å². The summed E-state index contributed by atoms with van der Waals surface area (Å²) in [5.41, 5.74) is 5.63. The highest BCUT2D eigenvalue weighted by Gasteiger charge is 2.35. The number of nitrogens with one attached hydrogen (secondary N) is 1. The van der Waals surface area contributed by atoms with Gasteiger partial charge in [-0.1, -0.05) is 55.0 Å². The molecule has 0 unspecified atom stereocenters. The highest BCUT2D eigenvalue weighted by molar-refractivity contribution is 5.94. The van der Waals surface area contributed by atoms with Crippen LogP contribution in [0, 0.1) is 6.92 Å². The maximum Gasteiger partial charge on any atom is 0.251 e. The number of amides is 1. The van der Waals surface area contributed by atoms with Crippen LogP contribution in [-0.2, 0) is 13.0 Å². The second-order valence-electron chi connectivity index (χ2n) is 8.91. The monoisotopic (exact) mass is 458 g/mol. The summed E-state index contributed by atoms with van der Waals surface area (Å²) >= 11 is 0. The number of aryl methyl sites for hydroxylation is 1. The van der Waals surface area contributed by atoms with Crippen molar-refractivity contribution in [1.82, 2.24) is 10.2 Å². The zero-order valence-corrected chi connectivity index (χ0v) is 20.5. The van der Waals surface area contributed by atoms with E-state index < -0.39 is 0 Å². The van der Waals surface area contributed by atoms with E-state index in [1.165, 1.54) is 22.3 Å². The van der Waals surface area contributed by atoms with Gasteiger partial charge in [0.2, 0.25) is 0 Å². The van der Waals surface area contributed by atoms with Gasteiger partial charge in [-0.3, -0.25) is 9.69 Å².